The molecule has 146 valence electrons. The van der Waals surface area contributed by atoms with Crippen LogP contribution in [0.1, 0.15) is 42.1 Å². The van der Waals surface area contributed by atoms with Gasteiger partial charge in [0.1, 0.15) is 11.6 Å². The van der Waals surface area contributed by atoms with Crippen LogP contribution in [0.3, 0.4) is 0 Å². The summed E-state index contributed by atoms with van der Waals surface area (Å²) < 4.78 is 7.27. The zero-order valence-electron chi connectivity index (χ0n) is 16.6. The maximum atomic E-state index is 13.0. The van der Waals surface area contributed by atoms with Crippen molar-refractivity contribution >= 4 is 17.2 Å². The Labute approximate surface area is 170 Å². The molecule has 0 spiro atoms. The number of rotatable bonds is 3. The second kappa shape index (κ2) is 6.92. The van der Waals surface area contributed by atoms with Crippen molar-refractivity contribution in [3.8, 4) is 11.4 Å². The monoisotopic (exact) mass is 385 g/mol. The fourth-order valence-corrected chi connectivity index (χ4v) is 4.49. The van der Waals surface area contributed by atoms with E-state index < -0.39 is 0 Å². The van der Waals surface area contributed by atoms with Crippen LogP contribution in [0.5, 0.6) is 5.75 Å². The first-order valence-corrected chi connectivity index (χ1v) is 9.99. The van der Waals surface area contributed by atoms with Crippen LogP contribution in [-0.4, -0.2) is 22.7 Å². The number of hydrogen-bond donors (Lipinski definition) is 1. The van der Waals surface area contributed by atoms with Gasteiger partial charge in [-0.15, -0.1) is 0 Å². The molecule has 5 heteroatoms. The molecule has 1 N–H and O–H groups in total. The number of allylic oxidation sites excluding steroid dienone is 1. The van der Waals surface area contributed by atoms with Crippen molar-refractivity contribution in [3.05, 3.63) is 77.0 Å². The Morgan fingerprint density at radius 1 is 1.07 bits per heavy atom. The third-order valence-electron chi connectivity index (χ3n) is 5.84. The molecule has 2 aromatic carbocycles. The van der Waals surface area contributed by atoms with Crippen LogP contribution in [0.25, 0.3) is 11.3 Å². The average molecular weight is 385 g/mol. The van der Waals surface area contributed by atoms with E-state index in [1.54, 1.807) is 7.11 Å². The van der Waals surface area contributed by atoms with Gasteiger partial charge in [0.2, 0.25) is 0 Å². The molecule has 1 aromatic heterocycles. The number of ether oxygens (including phenoxy) is 1. The van der Waals surface area contributed by atoms with E-state index in [-0.39, 0.29) is 11.8 Å². The molecule has 1 aliphatic heterocycles. The molecule has 2 heterocycles. The number of aromatic nitrogens is 2. The van der Waals surface area contributed by atoms with Crippen LogP contribution in [0.2, 0.25) is 0 Å². The van der Waals surface area contributed by atoms with Gasteiger partial charge in [0.25, 0.3) is 0 Å². The van der Waals surface area contributed by atoms with Gasteiger partial charge in [-0.3, -0.25) is 4.79 Å². The lowest BCUT2D eigenvalue weighted by Crippen LogP contribution is -2.28. The summed E-state index contributed by atoms with van der Waals surface area (Å²) in [6.45, 7) is 2.03. The number of nitrogens with zero attached hydrogens (tertiary/aromatic N) is 2. The van der Waals surface area contributed by atoms with E-state index in [2.05, 4.69) is 5.32 Å². The molecular formula is C24H23N3O2. The van der Waals surface area contributed by atoms with Gasteiger partial charge in [-0.2, -0.15) is 5.10 Å². The van der Waals surface area contributed by atoms with Crippen LogP contribution in [0, 0.1) is 6.92 Å². The lowest BCUT2D eigenvalue weighted by Gasteiger charge is -2.33. The molecule has 5 rings (SSSR count). The second-order valence-corrected chi connectivity index (χ2v) is 7.58. The highest BCUT2D eigenvalue weighted by Gasteiger charge is 2.37. The Bertz CT molecular complexity index is 1110. The van der Waals surface area contributed by atoms with Crippen LogP contribution in [0.15, 0.2) is 60.2 Å². The highest BCUT2D eigenvalue weighted by atomic mass is 16.5. The summed E-state index contributed by atoms with van der Waals surface area (Å²) in [5.74, 6) is 2.00. The van der Waals surface area contributed by atoms with Crippen molar-refractivity contribution in [3.63, 3.8) is 0 Å². The maximum Gasteiger partial charge on any atom is 0.161 e. The molecule has 5 nitrogen and oxygen atoms in total. The summed E-state index contributed by atoms with van der Waals surface area (Å²) >= 11 is 0. The normalized spacial score (nSPS) is 18.1. The minimum absolute atomic E-state index is 0.185. The summed E-state index contributed by atoms with van der Waals surface area (Å²) in [6.07, 6.45) is 2.40. The van der Waals surface area contributed by atoms with E-state index in [1.807, 2.05) is 66.2 Å². The summed E-state index contributed by atoms with van der Waals surface area (Å²) in [5, 5.41) is 8.47. The van der Waals surface area contributed by atoms with Gasteiger partial charge in [0.05, 0.1) is 24.5 Å². The SMILES string of the molecule is COc1ccc(C2Nc3c(c(C)nn3-c3ccccc3)C3=C2C(=O)CCC3)cc1. The Balaban J connectivity index is 1.70. The average Bonchev–Trinajstić information content (AvgIpc) is 3.11. The van der Waals surface area contributed by atoms with Crippen LogP contribution < -0.4 is 10.1 Å². The number of carbonyl (C=O) groups is 1. The molecule has 0 amide bonds. The van der Waals surface area contributed by atoms with Gasteiger partial charge in [-0.05, 0) is 55.2 Å². The van der Waals surface area contributed by atoms with E-state index in [0.29, 0.717) is 6.42 Å². The van der Waals surface area contributed by atoms with Gasteiger partial charge in [0, 0.05) is 17.6 Å². The van der Waals surface area contributed by atoms with Crippen molar-refractivity contribution < 1.29 is 9.53 Å². The quantitative estimate of drug-likeness (QED) is 0.699. The first-order valence-electron chi connectivity index (χ1n) is 9.99. The molecule has 29 heavy (non-hydrogen) atoms. The third kappa shape index (κ3) is 2.85. The van der Waals surface area contributed by atoms with Crippen LogP contribution in [-0.2, 0) is 4.79 Å². The molecule has 0 fully saturated rings. The van der Waals surface area contributed by atoms with Crippen molar-refractivity contribution in [2.45, 2.75) is 32.2 Å². The number of nitrogens with one attached hydrogen (secondary N) is 1. The topological polar surface area (TPSA) is 56.1 Å². The first-order chi connectivity index (χ1) is 14.2. The standard InChI is InChI=1S/C24H23N3O2/c1-15-21-19-9-6-10-20(28)22(19)23(16-11-13-18(29-2)14-12-16)25-24(21)27(26-15)17-7-4-3-5-8-17/h3-5,7-8,11-14,23,25H,6,9-10H2,1-2H3. The molecule has 0 saturated carbocycles. The zero-order chi connectivity index (χ0) is 20.0. The number of benzene rings is 2. The number of fused-ring (bicyclic) bond motifs is 2. The lowest BCUT2D eigenvalue weighted by molar-refractivity contribution is -0.116. The fourth-order valence-electron chi connectivity index (χ4n) is 4.49. The molecule has 0 saturated heterocycles. The Kier molecular flexibility index (Phi) is 4.23. The lowest BCUT2D eigenvalue weighted by atomic mass is 9.78. The van der Waals surface area contributed by atoms with Crippen molar-refractivity contribution in [1.29, 1.82) is 0 Å². The highest BCUT2D eigenvalue weighted by molar-refractivity contribution is 6.08. The number of carbonyl (C=O) groups excluding carboxylic acids is 1. The highest BCUT2D eigenvalue weighted by Crippen LogP contribution is 2.47. The minimum Gasteiger partial charge on any atom is -0.497 e. The predicted octanol–water partition coefficient (Wildman–Crippen LogP) is 4.86. The molecule has 0 radical (unpaired) electrons. The molecular weight excluding hydrogens is 362 g/mol. The molecule has 2 aliphatic rings. The number of para-hydroxylation sites is 1. The van der Waals surface area contributed by atoms with E-state index in [1.165, 1.54) is 0 Å². The van der Waals surface area contributed by atoms with Crippen molar-refractivity contribution in [2.24, 2.45) is 0 Å². The van der Waals surface area contributed by atoms with Crippen LogP contribution in [0.4, 0.5) is 5.82 Å². The van der Waals surface area contributed by atoms with Crippen molar-refractivity contribution in [2.75, 3.05) is 12.4 Å². The Hall–Kier alpha value is -3.34. The molecule has 3 aromatic rings. The second-order valence-electron chi connectivity index (χ2n) is 7.58. The van der Waals surface area contributed by atoms with E-state index in [0.717, 1.165) is 58.1 Å². The molecule has 0 bridgehead atoms. The summed E-state index contributed by atoms with van der Waals surface area (Å²) in [7, 11) is 1.66. The maximum absolute atomic E-state index is 13.0. The third-order valence-corrected chi connectivity index (χ3v) is 5.84. The smallest absolute Gasteiger partial charge is 0.161 e. The van der Waals surface area contributed by atoms with E-state index in [4.69, 9.17) is 9.84 Å². The fraction of sp³-hybridized carbons (Fsp3) is 0.250. The predicted molar refractivity (Wildman–Crippen MR) is 113 cm³/mol. The number of anilines is 1. The van der Waals surface area contributed by atoms with Crippen molar-refractivity contribution in [1.82, 2.24) is 9.78 Å². The zero-order valence-corrected chi connectivity index (χ0v) is 16.6. The first kappa shape index (κ1) is 17.7. The number of aryl methyl sites for hydroxylation is 1. The molecule has 1 aliphatic carbocycles. The number of ketones is 1. The minimum atomic E-state index is -0.185. The van der Waals surface area contributed by atoms with Gasteiger partial charge in [0.15, 0.2) is 5.78 Å². The van der Waals surface area contributed by atoms with Crippen LogP contribution >= 0.6 is 0 Å². The largest absolute Gasteiger partial charge is 0.497 e. The Morgan fingerprint density at radius 2 is 1.83 bits per heavy atom. The summed E-state index contributed by atoms with van der Waals surface area (Å²) in [6, 6.07) is 17.9. The summed E-state index contributed by atoms with van der Waals surface area (Å²) in [4.78, 5) is 13.0. The number of hydrogen-bond acceptors (Lipinski definition) is 4. The molecule has 1 unspecified atom stereocenters. The summed E-state index contributed by atoms with van der Waals surface area (Å²) in [5.41, 5.74) is 6.13. The van der Waals surface area contributed by atoms with E-state index >= 15 is 0 Å². The van der Waals surface area contributed by atoms with E-state index in [9.17, 15) is 4.79 Å². The molecule has 1 atom stereocenters. The number of Topliss-reactive ketones (excluding diaryl/α,β-unsaturated/α-hetero) is 1. The Morgan fingerprint density at radius 3 is 2.55 bits per heavy atom. The number of methoxy groups -OCH3 is 1. The van der Waals surface area contributed by atoms with Gasteiger partial charge in [-0.1, -0.05) is 30.3 Å². The van der Waals surface area contributed by atoms with Gasteiger partial charge >= 0.3 is 0 Å². The van der Waals surface area contributed by atoms with Gasteiger partial charge < -0.3 is 10.1 Å². The van der Waals surface area contributed by atoms with Gasteiger partial charge in [-0.25, -0.2) is 4.68 Å².